The predicted octanol–water partition coefficient (Wildman–Crippen LogP) is 4.27. The van der Waals surface area contributed by atoms with Gasteiger partial charge < -0.3 is 19.1 Å². The Balaban J connectivity index is 1.74. The Kier molecular flexibility index (Phi) is 7.80. The number of rotatable bonds is 9. The number of ether oxygens (including phenoxy) is 1. The first kappa shape index (κ1) is 23.2. The molecule has 2 amide bonds. The van der Waals surface area contributed by atoms with Gasteiger partial charge in [0.25, 0.3) is 0 Å². The summed E-state index contributed by atoms with van der Waals surface area (Å²) in [7, 11) is -2.58. The largest absolute Gasteiger partial charge is 0.383 e. The number of nitrogens with zero attached hydrogens (tertiary/aromatic N) is 1. The molecule has 0 aliphatic heterocycles. The van der Waals surface area contributed by atoms with Crippen molar-refractivity contribution < 1.29 is 26.5 Å². The fourth-order valence-electron chi connectivity index (χ4n) is 2.87. The van der Waals surface area contributed by atoms with Crippen LogP contribution in [-0.2, 0) is 21.4 Å². The lowest BCUT2D eigenvalue weighted by molar-refractivity contribution is 0.153. The molecule has 1 N–H and O–H groups in total. The molecule has 0 radical (unpaired) electrons. The third kappa shape index (κ3) is 6.53. The summed E-state index contributed by atoms with van der Waals surface area (Å²) in [5.41, 5.74) is 1.32. The van der Waals surface area contributed by atoms with Crippen LogP contribution in [0.25, 0.3) is 0 Å². The Bertz CT molecular complexity index is 1140. The van der Waals surface area contributed by atoms with Gasteiger partial charge in [-0.05, 0) is 54.1 Å². The van der Waals surface area contributed by atoms with Crippen molar-refractivity contribution in [1.82, 2.24) is 4.90 Å². The molecule has 0 saturated carbocycles. The van der Waals surface area contributed by atoms with Crippen LogP contribution in [0.3, 0.4) is 0 Å². The zero-order valence-corrected chi connectivity index (χ0v) is 18.2. The Morgan fingerprint density at radius 1 is 1.00 bits per heavy atom. The first-order valence-electron chi connectivity index (χ1n) is 9.76. The number of carbonyl (C=O) groups excluding carboxylic acids is 1. The lowest BCUT2D eigenvalue weighted by atomic mass is 10.2. The summed E-state index contributed by atoms with van der Waals surface area (Å²) in [6.45, 7) is 0.862. The number of amides is 2. The van der Waals surface area contributed by atoms with E-state index in [0.29, 0.717) is 24.4 Å². The van der Waals surface area contributed by atoms with Crippen LogP contribution < -0.4 is 9.50 Å². The van der Waals surface area contributed by atoms with Gasteiger partial charge in [-0.15, -0.1) is 0 Å². The lowest BCUT2D eigenvalue weighted by Crippen LogP contribution is -2.36. The molecule has 3 aromatic rings. The summed E-state index contributed by atoms with van der Waals surface area (Å²) >= 11 is 0. The van der Waals surface area contributed by atoms with Crippen LogP contribution in [0.15, 0.2) is 83.8 Å². The number of carbonyl (C=O) groups is 1. The fraction of sp³-hybridized carbons (Fsp3) is 0.174. The molecule has 7 nitrogen and oxygen atoms in total. The van der Waals surface area contributed by atoms with E-state index in [1.165, 1.54) is 12.1 Å². The van der Waals surface area contributed by atoms with E-state index in [1.54, 1.807) is 36.3 Å². The maximum atomic E-state index is 13.1. The molecule has 168 valence electrons. The fourth-order valence-corrected chi connectivity index (χ4v) is 3.79. The highest BCUT2D eigenvalue weighted by atomic mass is 32.2. The van der Waals surface area contributed by atoms with Crippen molar-refractivity contribution in [3.05, 3.63) is 90.2 Å². The highest BCUT2D eigenvalue weighted by molar-refractivity contribution is 7.87. The first-order valence-corrected chi connectivity index (χ1v) is 11.2. The molecule has 0 atom stereocenters. The van der Waals surface area contributed by atoms with E-state index in [1.807, 2.05) is 18.2 Å². The van der Waals surface area contributed by atoms with Crippen LogP contribution >= 0.6 is 0 Å². The number of para-hydroxylation sites is 1. The number of hydrogen-bond donors (Lipinski definition) is 1. The molecule has 0 spiro atoms. The molecular weight excluding hydrogens is 435 g/mol. The Labute approximate surface area is 186 Å². The van der Waals surface area contributed by atoms with Crippen molar-refractivity contribution in [1.29, 1.82) is 0 Å². The Morgan fingerprint density at radius 2 is 1.72 bits per heavy atom. The molecule has 0 saturated heterocycles. The van der Waals surface area contributed by atoms with Crippen molar-refractivity contribution >= 4 is 21.8 Å². The number of hydrogen-bond acceptors (Lipinski definition) is 5. The minimum atomic E-state index is -4.13. The molecular formula is C23H23FN2O5S. The predicted molar refractivity (Wildman–Crippen MR) is 118 cm³/mol. The van der Waals surface area contributed by atoms with Crippen molar-refractivity contribution in [2.45, 2.75) is 11.4 Å². The number of benzene rings is 3. The summed E-state index contributed by atoms with van der Waals surface area (Å²) < 4.78 is 48.3. The van der Waals surface area contributed by atoms with Gasteiger partial charge in [0, 0.05) is 25.9 Å². The van der Waals surface area contributed by atoms with E-state index < -0.39 is 15.9 Å². The van der Waals surface area contributed by atoms with Crippen LogP contribution in [0.4, 0.5) is 14.9 Å². The highest BCUT2D eigenvalue weighted by Crippen LogP contribution is 2.21. The van der Waals surface area contributed by atoms with E-state index in [2.05, 4.69) is 5.32 Å². The average molecular weight is 459 g/mol. The highest BCUT2D eigenvalue weighted by Gasteiger charge is 2.18. The summed E-state index contributed by atoms with van der Waals surface area (Å²) in [4.78, 5) is 14.1. The maximum absolute atomic E-state index is 13.1. The zero-order valence-electron chi connectivity index (χ0n) is 17.4. The SMILES string of the molecule is COCCN(Cc1cccc(OS(=O)(=O)c2ccc(F)cc2)c1)C(=O)Nc1ccccc1. The zero-order chi connectivity index (χ0) is 23.0. The monoisotopic (exact) mass is 458 g/mol. The van der Waals surface area contributed by atoms with Gasteiger partial charge >= 0.3 is 16.1 Å². The molecule has 3 rings (SSSR count). The number of anilines is 1. The maximum Gasteiger partial charge on any atom is 0.339 e. The molecule has 0 fully saturated rings. The summed E-state index contributed by atoms with van der Waals surface area (Å²) in [6, 6.07) is 19.5. The number of urea groups is 1. The Hall–Kier alpha value is -3.43. The van der Waals surface area contributed by atoms with E-state index in [9.17, 15) is 17.6 Å². The van der Waals surface area contributed by atoms with Crippen LogP contribution in [-0.4, -0.2) is 39.6 Å². The third-order valence-electron chi connectivity index (χ3n) is 4.46. The van der Waals surface area contributed by atoms with Gasteiger partial charge in [-0.1, -0.05) is 30.3 Å². The van der Waals surface area contributed by atoms with Crippen LogP contribution in [0.5, 0.6) is 5.75 Å². The van der Waals surface area contributed by atoms with E-state index in [0.717, 1.165) is 24.3 Å². The van der Waals surface area contributed by atoms with Gasteiger partial charge in [-0.25, -0.2) is 9.18 Å². The first-order chi connectivity index (χ1) is 15.4. The summed E-state index contributed by atoms with van der Waals surface area (Å²) in [5, 5.41) is 2.82. The topological polar surface area (TPSA) is 84.9 Å². The molecule has 3 aromatic carbocycles. The van der Waals surface area contributed by atoms with Gasteiger partial charge in [0.15, 0.2) is 0 Å². The van der Waals surface area contributed by atoms with Crippen molar-refractivity contribution in [2.75, 3.05) is 25.6 Å². The molecule has 0 aliphatic carbocycles. The number of nitrogens with one attached hydrogen (secondary N) is 1. The Morgan fingerprint density at radius 3 is 2.41 bits per heavy atom. The van der Waals surface area contributed by atoms with Gasteiger partial charge in [-0.2, -0.15) is 8.42 Å². The number of methoxy groups -OCH3 is 1. The van der Waals surface area contributed by atoms with Crippen molar-refractivity contribution in [3.8, 4) is 5.75 Å². The van der Waals surface area contributed by atoms with Crippen molar-refractivity contribution in [2.24, 2.45) is 0 Å². The molecule has 0 aliphatic rings. The van der Waals surface area contributed by atoms with Gasteiger partial charge in [0.05, 0.1) is 6.61 Å². The molecule has 0 aromatic heterocycles. The molecule has 0 bridgehead atoms. The molecule has 32 heavy (non-hydrogen) atoms. The van der Waals surface area contributed by atoms with Crippen molar-refractivity contribution in [3.63, 3.8) is 0 Å². The van der Waals surface area contributed by atoms with E-state index in [4.69, 9.17) is 8.92 Å². The second kappa shape index (κ2) is 10.7. The smallest absolute Gasteiger partial charge is 0.339 e. The summed E-state index contributed by atoms with van der Waals surface area (Å²) in [5.74, 6) is -0.460. The molecule has 9 heteroatoms. The molecule has 0 heterocycles. The molecule has 0 unspecified atom stereocenters. The lowest BCUT2D eigenvalue weighted by Gasteiger charge is -2.23. The second-order valence-electron chi connectivity index (χ2n) is 6.85. The minimum absolute atomic E-state index is 0.0852. The number of halogens is 1. The van der Waals surface area contributed by atoms with E-state index >= 15 is 0 Å². The average Bonchev–Trinajstić information content (AvgIpc) is 2.77. The van der Waals surface area contributed by atoms with Crippen LogP contribution in [0.2, 0.25) is 0 Å². The summed E-state index contributed by atoms with van der Waals surface area (Å²) in [6.07, 6.45) is 0. The van der Waals surface area contributed by atoms with Gasteiger partial charge in [0.1, 0.15) is 16.5 Å². The quantitative estimate of drug-likeness (QED) is 0.484. The minimum Gasteiger partial charge on any atom is -0.383 e. The van der Waals surface area contributed by atoms with Gasteiger partial charge in [-0.3, -0.25) is 0 Å². The standard InChI is InChI=1S/C23H23FN2O5S/c1-30-15-14-26(23(27)25-20-7-3-2-4-8-20)17-18-6-5-9-21(16-18)31-32(28,29)22-12-10-19(24)11-13-22/h2-13,16H,14-15,17H2,1H3,(H,25,27). The normalized spacial score (nSPS) is 11.1. The van der Waals surface area contributed by atoms with E-state index in [-0.39, 0.29) is 23.2 Å². The van der Waals surface area contributed by atoms with Gasteiger partial charge in [0.2, 0.25) is 0 Å². The van der Waals surface area contributed by atoms with Crippen LogP contribution in [0, 0.1) is 5.82 Å². The second-order valence-corrected chi connectivity index (χ2v) is 8.40. The van der Waals surface area contributed by atoms with Crippen LogP contribution in [0.1, 0.15) is 5.56 Å². The third-order valence-corrected chi connectivity index (χ3v) is 5.72.